The number of tetrazole rings is 1. The van der Waals surface area contributed by atoms with Crippen molar-refractivity contribution >= 4 is 34.5 Å². The third kappa shape index (κ3) is 4.71. The molecule has 0 radical (unpaired) electrons. The molecular weight excluding hydrogens is 388 g/mol. The molecule has 0 bridgehead atoms. The number of hydrogen-bond donors (Lipinski definition) is 2. The summed E-state index contributed by atoms with van der Waals surface area (Å²) in [6.45, 7) is -0.0588. The van der Waals surface area contributed by atoms with Gasteiger partial charge in [0.25, 0.3) is 5.91 Å². The molecule has 2 amide bonds. The maximum atomic E-state index is 12.2. The van der Waals surface area contributed by atoms with Crippen LogP contribution in [0.4, 0.5) is 11.4 Å². The van der Waals surface area contributed by atoms with E-state index in [0.29, 0.717) is 22.1 Å². The van der Waals surface area contributed by atoms with E-state index in [0.717, 1.165) is 5.56 Å². The zero-order valence-corrected chi connectivity index (χ0v) is 16.0. The molecule has 4 aromatic rings. The van der Waals surface area contributed by atoms with E-state index in [1.807, 2.05) is 41.8 Å². The van der Waals surface area contributed by atoms with E-state index in [9.17, 15) is 9.59 Å². The van der Waals surface area contributed by atoms with Crippen molar-refractivity contribution in [1.29, 1.82) is 0 Å². The first-order valence-electron chi connectivity index (χ1n) is 8.75. The monoisotopic (exact) mass is 404 g/mol. The number of nitrogens with zero attached hydrogens (tertiary/aromatic N) is 4. The van der Waals surface area contributed by atoms with E-state index in [1.54, 1.807) is 30.3 Å². The Morgan fingerprint density at radius 2 is 1.62 bits per heavy atom. The fraction of sp³-hybridized carbons (Fsp3) is 0.0500. The van der Waals surface area contributed by atoms with Crippen LogP contribution in [-0.4, -0.2) is 32.0 Å². The van der Waals surface area contributed by atoms with Crippen LogP contribution >= 0.6 is 11.3 Å². The van der Waals surface area contributed by atoms with Gasteiger partial charge in [0.05, 0.1) is 4.88 Å². The van der Waals surface area contributed by atoms with Gasteiger partial charge in [0.15, 0.2) is 0 Å². The van der Waals surface area contributed by atoms with Crippen molar-refractivity contribution in [1.82, 2.24) is 20.2 Å². The lowest BCUT2D eigenvalue weighted by atomic mass is 10.2. The van der Waals surface area contributed by atoms with Crippen LogP contribution in [0.3, 0.4) is 0 Å². The summed E-state index contributed by atoms with van der Waals surface area (Å²) in [5.41, 5.74) is 2.08. The Morgan fingerprint density at radius 1 is 0.897 bits per heavy atom. The predicted molar refractivity (Wildman–Crippen MR) is 111 cm³/mol. The van der Waals surface area contributed by atoms with Crippen LogP contribution in [0.15, 0.2) is 72.1 Å². The first-order chi connectivity index (χ1) is 14.2. The molecule has 0 saturated heterocycles. The highest BCUT2D eigenvalue weighted by atomic mass is 32.1. The van der Waals surface area contributed by atoms with E-state index in [-0.39, 0.29) is 18.4 Å². The summed E-state index contributed by atoms with van der Waals surface area (Å²) in [5.74, 6) is 0.0184. The highest BCUT2D eigenvalue weighted by Crippen LogP contribution is 2.16. The van der Waals surface area contributed by atoms with Crippen LogP contribution in [0.25, 0.3) is 11.4 Å². The zero-order chi connectivity index (χ0) is 20.1. The van der Waals surface area contributed by atoms with Crippen molar-refractivity contribution in [3.8, 4) is 11.4 Å². The Kier molecular flexibility index (Phi) is 5.39. The van der Waals surface area contributed by atoms with E-state index in [1.165, 1.54) is 16.1 Å². The van der Waals surface area contributed by atoms with Gasteiger partial charge in [-0.25, -0.2) is 0 Å². The molecule has 144 valence electrons. The molecule has 2 heterocycles. The van der Waals surface area contributed by atoms with Crippen LogP contribution in [0, 0.1) is 0 Å². The van der Waals surface area contributed by atoms with Gasteiger partial charge in [-0.3, -0.25) is 9.59 Å². The summed E-state index contributed by atoms with van der Waals surface area (Å²) in [5, 5.41) is 19.5. The Hall–Kier alpha value is -3.85. The van der Waals surface area contributed by atoms with Crippen molar-refractivity contribution in [2.75, 3.05) is 10.6 Å². The minimum Gasteiger partial charge on any atom is -0.324 e. The number of hydrogen-bond acceptors (Lipinski definition) is 6. The Labute approximate surface area is 170 Å². The molecule has 2 aromatic carbocycles. The van der Waals surface area contributed by atoms with E-state index in [4.69, 9.17) is 0 Å². The minimum absolute atomic E-state index is 0.0588. The molecule has 0 unspecified atom stereocenters. The maximum absolute atomic E-state index is 12.2. The van der Waals surface area contributed by atoms with Crippen LogP contribution in [0.2, 0.25) is 0 Å². The molecule has 2 N–H and O–H groups in total. The van der Waals surface area contributed by atoms with Gasteiger partial charge in [0, 0.05) is 16.9 Å². The number of rotatable bonds is 6. The number of nitrogens with one attached hydrogen (secondary N) is 2. The van der Waals surface area contributed by atoms with Gasteiger partial charge in [-0.2, -0.15) is 4.80 Å². The van der Waals surface area contributed by atoms with Crippen molar-refractivity contribution in [2.24, 2.45) is 0 Å². The highest BCUT2D eigenvalue weighted by molar-refractivity contribution is 7.12. The van der Waals surface area contributed by atoms with Crippen molar-refractivity contribution in [3.63, 3.8) is 0 Å². The Morgan fingerprint density at radius 3 is 2.31 bits per heavy atom. The van der Waals surface area contributed by atoms with Crippen molar-refractivity contribution in [2.45, 2.75) is 6.54 Å². The van der Waals surface area contributed by atoms with Crippen LogP contribution in [0.1, 0.15) is 9.67 Å². The third-order valence-corrected chi connectivity index (χ3v) is 4.81. The number of benzene rings is 2. The molecule has 0 atom stereocenters. The summed E-state index contributed by atoms with van der Waals surface area (Å²) in [6.07, 6.45) is 0. The Bertz CT molecular complexity index is 1110. The lowest BCUT2D eigenvalue weighted by molar-refractivity contribution is -0.117. The molecule has 2 aromatic heterocycles. The quantitative estimate of drug-likeness (QED) is 0.513. The van der Waals surface area contributed by atoms with E-state index >= 15 is 0 Å². The van der Waals surface area contributed by atoms with E-state index in [2.05, 4.69) is 26.0 Å². The number of anilines is 2. The standard InChI is InChI=1S/C20H16N6O2S/c27-18(13-26-24-19(23-25-26)14-5-2-1-3-6-14)21-15-8-10-16(11-9-15)22-20(28)17-7-4-12-29-17/h1-12H,13H2,(H,21,27)(H,22,28). The molecule has 0 aliphatic rings. The van der Waals surface area contributed by atoms with Gasteiger partial charge in [-0.15, -0.1) is 21.5 Å². The lowest BCUT2D eigenvalue weighted by Crippen LogP contribution is -2.20. The minimum atomic E-state index is -0.280. The number of aromatic nitrogens is 4. The fourth-order valence-corrected chi connectivity index (χ4v) is 3.20. The lowest BCUT2D eigenvalue weighted by Gasteiger charge is -2.07. The molecule has 0 fully saturated rings. The maximum Gasteiger partial charge on any atom is 0.265 e. The first-order valence-corrected chi connectivity index (χ1v) is 9.63. The van der Waals surface area contributed by atoms with E-state index < -0.39 is 0 Å². The fourth-order valence-electron chi connectivity index (χ4n) is 2.58. The molecule has 29 heavy (non-hydrogen) atoms. The molecule has 0 saturated carbocycles. The third-order valence-electron chi connectivity index (χ3n) is 3.94. The second kappa shape index (κ2) is 8.44. The van der Waals surface area contributed by atoms with Crippen molar-refractivity contribution < 1.29 is 9.59 Å². The van der Waals surface area contributed by atoms with Crippen LogP contribution in [-0.2, 0) is 11.3 Å². The summed E-state index contributed by atoms with van der Waals surface area (Å²) in [7, 11) is 0. The van der Waals surface area contributed by atoms with Crippen LogP contribution < -0.4 is 10.6 Å². The normalized spacial score (nSPS) is 10.5. The second-order valence-corrected chi connectivity index (χ2v) is 7.01. The number of carbonyl (C=O) groups is 2. The van der Waals surface area contributed by atoms with Gasteiger partial charge in [-0.05, 0) is 40.9 Å². The Balaban J connectivity index is 1.33. The molecule has 0 spiro atoms. The zero-order valence-electron chi connectivity index (χ0n) is 15.1. The topological polar surface area (TPSA) is 102 Å². The summed E-state index contributed by atoms with van der Waals surface area (Å²) in [6, 6.07) is 19.9. The van der Waals surface area contributed by atoms with Crippen LogP contribution in [0.5, 0.6) is 0 Å². The smallest absolute Gasteiger partial charge is 0.265 e. The van der Waals surface area contributed by atoms with Gasteiger partial charge in [0.2, 0.25) is 11.7 Å². The largest absolute Gasteiger partial charge is 0.324 e. The van der Waals surface area contributed by atoms with Gasteiger partial charge < -0.3 is 10.6 Å². The van der Waals surface area contributed by atoms with Gasteiger partial charge in [-0.1, -0.05) is 36.4 Å². The number of thiophene rings is 1. The molecule has 0 aliphatic heterocycles. The van der Waals surface area contributed by atoms with Gasteiger partial charge >= 0.3 is 0 Å². The number of amides is 2. The average Bonchev–Trinajstić information content (AvgIpc) is 3.42. The summed E-state index contributed by atoms with van der Waals surface area (Å²) >= 11 is 1.37. The second-order valence-electron chi connectivity index (χ2n) is 6.07. The predicted octanol–water partition coefficient (Wildman–Crippen LogP) is 3.29. The SMILES string of the molecule is O=C(Cn1nnc(-c2ccccc2)n1)Nc1ccc(NC(=O)c2cccs2)cc1. The summed E-state index contributed by atoms with van der Waals surface area (Å²) < 4.78 is 0. The molecular formula is C20H16N6O2S. The molecule has 4 rings (SSSR count). The molecule has 8 nitrogen and oxygen atoms in total. The van der Waals surface area contributed by atoms with Gasteiger partial charge in [0.1, 0.15) is 6.54 Å². The molecule has 0 aliphatic carbocycles. The summed E-state index contributed by atoms with van der Waals surface area (Å²) in [4.78, 5) is 26.2. The average molecular weight is 404 g/mol. The highest BCUT2D eigenvalue weighted by Gasteiger charge is 2.10. The first kappa shape index (κ1) is 18.5. The number of carbonyl (C=O) groups excluding carboxylic acids is 2. The van der Waals surface area contributed by atoms with Crippen molar-refractivity contribution in [3.05, 3.63) is 77.0 Å². The molecule has 9 heteroatoms.